The monoisotopic (exact) mass is 319 g/mol. The van der Waals surface area contributed by atoms with Crippen LogP contribution < -0.4 is 5.32 Å². The lowest BCUT2D eigenvalue weighted by Crippen LogP contribution is -2.12. The van der Waals surface area contributed by atoms with Crippen LogP contribution in [0, 0.1) is 11.8 Å². The van der Waals surface area contributed by atoms with E-state index in [1.165, 1.54) is 6.07 Å². The molecule has 0 bridgehead atoms. The molecule has 2 aromatic carbocycles. The van der Waals surface area contributed by atoms with Crippen LogP contribution >= 0.6 is 23.2 Å². The topological polar surface area (TPSA) is 49.3 Å². The first-order valence-corrected chi connectivity index (χ1v) is 6.82. The number of aliphatic hydroxyl groups excluding tert-OH is 1. The largest absolute Gasteiger partial charge is 0.384 e. The smallest absolute Gasteiger partial charge is 0.257 e. The molecule has 3 nitrogen and oxygen atoms in total. The average molecular weight is 320 g/mol. The van der Waals surface area contributed by atoms with Gasteiger partial charge in [-0.1, -0.05) is 41.1 Å². The highest BCUT2D eigenvalue weighted by Gasteiger charge is 2.11. The Hall–Kier alpha value is -1.99. The van der Waals surface area contributed by atoms with E-state index in [4.69, 9.17) is 28.3 Å². The van der Waals surface area contributed by atoms with Crippen LogP contribution in [-0.2, 0) is 0 Å². The van der Waals surface area contributed by atoms with Crippen LogP contribution in [0.2, 0.25) is 10.0 Å². The van der Waals surface area contributed by atoms with Crippen molar-refractivity contribution in [1.29, 1.82) is 0 Å². The summed E-state index contributed by atoms with van der Waals surface area (Å²) in [7, 11) is 0. The maximum Gasteiger partial charge on any atom is 0.257 e. The number of carbonyl (C=O) groups is 1. The first-order chi connectivity index (χ1) is 10.1. The highest BCUT2D eigenvalue weighted by molar-refractivity contribution is 6.37. The van der Waals surface area contributed by atoms with Crippen molar-refractivity contribution in [2.45, 2.75) is 0 Å². The standard InChI is InChI=1S/C16H11Cl2NO2/c17-12-6-7-14(15(18)10-12)16(21)19-13-5-1-3-11(9-13)4-2-8-20/h1,3,5-7,9-10,20H,8H2,(H,19,21). The lowest BCUT2D eigenvalue weighted by molar-refractivity contribution is 0.102. The molecule has 0 saturated carbocycles. The summed E-state index contributed by atoms with van der Waals surface area (Å²) in [5.41, 5.74) is 1.63. The third-order valence-electron chi connectivity index (χ3n) is 2.61. The Morgan fingerprint density at radius 2 is 2.00 bits per heavy atom. The highest BCUT2D eigenvalue weighted by atomic mass is 35.5. The van der Waals surface area contributed by atoms with E-state index >= 15 is 0 Å². The van der Waals surface area contributed by atoms with Gasteiger partial charge in [0, 0.05) is 16.3 Å². The molecule has 5 heteroatoms. The number of amides is 1. The molecule has 0 aliphatic carbocycles. The predicted octanol–water partition coefficient (Wildman–Crippen LogP) is 3.59. The van der Waals surface area contributed by atoms with Crippen LogP contribution in [0.1, 0.15) is 15.9 Å². The second-order valence-electron chi connectivity index (χ2n) is 4.12. The van der Waals surface area contributed by atoms with Gasteiger partial charge in [0.1, 0.15) is 6.61 Å². The summed E-state index contributed by atoms with van der Waals surface area (Å²) in [4.78, 5) is 12.2. The molecule has 0 atom stereocenters. The van der Waals surface area contributed by atoms with Crippen molar-refractivity contribution in [2.24, 2.45) is 0 Å². The Labute approximate surface area is 132 Å². The molecule has 0 aliphatic rings. The third kappa shape index (κ3) is 4.24. The summed E-state index contributed by atoms with van der Waals surface area (Å²) >= 11 is 11.8. The number of benzene rings is 2. The lowest BCUT2D eigenvalue weighted by Gasteiger charge is -2.07. The van der Waals surface area contributed by atoms with E-state index in [1.54, 1.807) is 36.4 Å². The number of halogens is 2. The zero-order chi connectivity index (χ0) is 15.2. The van der Waals surface area contributed by atoms with Crippen LogP contribution in [-0.4, -0.2) is 17.6 Å². The van der Waals surface area contributed by atoms with Crippen LogP contribution in [0.5, 0.6) is 0 Å². The fraction of sp³-hybridized carbons (Fsp3) is 0.0625. The summed E-state index contributed by atoms with van der Waals surface area (Å²) in [5.74, 6) is 4.99. The minimum absolute atomic E-state index is 0.211. The van der Waals surface area contributed by atoms with Crippen molar-refractivity contribution in [3.05, 3.63) is 63.6 Å². The molecule has 1 amide bonds. The van der Waals surface area contributed by atoms with Crippen LogP contribution in [0.4, 0.5) is 5.69 Å². The summed E-state index contributed by atoms with van der Waals surface area (Å²) in [6, 6.07) is 11.7. The molecule has 21 heavy (non-hydrogen) atoms. The Bertz CT molecular complexity index is 733. The van der Waals surface area contributed by atoms with Gasteiger partial charge in [0.25, 0.3) is 5.91 Å². The van der Waals surface area contributed by atoms with E-state index in [0.29, 0.717) is 21.8 Å². The van der Waals surface area contributed by atoms with Gasteiger partial charge < -0.3 is 10.4 Å². The number of anilines is 1. The van der Waals surface area contributed by atoms with E-state index in [2.05, 4.69) is 17.2 Å². The molecule has 2 N–H and O–H groups in total. The van der Waals surface area contributed by atoms with Gasteiger partial charge in [-0.15, -0.1) is 0 Å². The fourth-order valence-corrected chi connectivity index (χ4v) is 2.18. The molecule has 0 saturated heterocycles. The normalized spacial score (nSPS) is 9.67. The molecule has 0 unspecified atom stereocenters. The third-order valence-corrected chi connectivity index (χ3v) is 3.16. The molecule has 0 aromatic heterocycles. The quantitative estimate of drug-likeness (QED) is 0.831. The molecule has 0 radical (unpaired) electrons. The van der Waals surface area contributed by atoms with E-state index < -0.39 is 0 Å². The van der Waals surface area contributed by atoms with E-state index in [1.807, 2.05) is 0 Å². The Morgan fingerprint density at radius 1 is 1.19 bits per heavy atom. The maximum atomic E-state index is 12.2. The van der Waals surface area contributed by atoms with E-state index in [0.717, 1.165) is 0 Å². The molecular formula is C16H11Cl2NO2. The van der Waals surface area contributed by atoms with Crippen molar-refractivity contribution >= 4 is 34.8 Å². The molecule has 0 spiro atoms. The molecule has 2 aromatic rings. The zero-order valence-corrected chi connectivity index (χ0v) is 12.4. The first-order valence-electron chi connectivity index (χ1n) is 6.06. The number of rotatable bonds is 2. The predicted molar refractivity (Wildman–Crippen MR) is 84.8 cm³/mol. The van der Waals surface area contributed by atoms with Crippen molar-refractivity contribution in [3.8, 4) is 11.8 Å². The highest BCUT2D eigenvalue weighted by Crippen LogP contribution is 2.22. The summed E-state index contributed by atoms with van der Waals surface area (Å²) < 4.78 is 0. The number of aliphatic hydroxyl groups is 1. The molecule has 106 valence electrons. The Balaban J connectivity index is 2.19. The maximum absolute atomic E-state index is 12.2. The Kier molecular flexibility index (Phi) is 5.24. The lowest BCUT2D eigenvalue weighted by atomic mass is 10.1. The van der Waals surface area contributed by atoms with Gasteiger partial charge in [-0.25, -0.2) is 0 Å². The van der Waals surface area contributed by atoms with Gasteiger partial charge in [-0.3, -0.25) is 4.79 Å². The van der Waals surface area contributed by atoms with Gasteiger partial charge in [0.05, 0.1) is 10.6 Å². The SMILES string of the molecule is O=C(Nc1cccc(C#CCO)c1)c1ccc(Cl)cc1Cl. The van der Waals surface area contributed by atoms with Gasteiger partial charge in [-0.05, 0) is 36.4 Å². The summed E-state index contributed by atoms with van der Waals surface area (Å²) in [6.07, 6.45) is 0. The number of hydrogen-bond acceptors (Lipinski definition) is 2. The number of carbonyl (C=O) groups excluding carboxylic acids is 1. The second-order valence-corrected chi connectivity index (χ2v) is 4.96. The molecule has 2 rings (SSSR count). The molecule has 0 aliphatic heterocycles. The number of nitrogens with one attached hydrogen (secondary N) is 1. The minimum atomic E-state index is -0.330. The summed E-state index contributed by atoms with van der Waals surface area (Å²) in [5, 5.41) is 12.2. The van der Waals surface area contributed by atoms with Crippen LogP contribution in [0.15, 0.2) is 42.5 Å². The first kappa shape index (κ1) is 15.4. The number of hydrogen-bond donors (Lipinski definition) is 2. The van der Waals surface area contributed by atoms with Gasteiger partial charge in [0.2, 0.25) is 0 Å². The zero-order valence-electron chi connectivity index (χ0n) is 10.9. The van der Waals surface area contributed by atoms with Crippen molar-refractivity contribution in [1.82, 2.24) is 0 Å². The van der Waals surface area contributed by atoms with Gasteiger partial charge >= 0.3 is 0 Å². The fourth-order valence-electron chi connectivity index (χ4n) is 1.69. The summed E-state index contributed by atoms with van der Waals surface area (Å²) in [6.45, 7) is -0.211. The van der Waals surface area contributed by atoms with Crippen molar-refractivity contribution in [3.63, 3.8) is 0 Å². The average Bonchev–Trinajstić information content (AvgIpc) is 2.45. The van der Waals surface area contributed by atoms with Crippen LogP contribution in [0.3, 0.4) is 0 Å². The van der Waals surface area contributed by atoms with Gasteiger partial charge in [0.15, 0.2) is 0 Å². The minimum Gasteiger partial charge on any atom is -0.384 e. The van der Waals surface area contributed by atoms with Gasteiger partial charge in [-0.2, -0.15) is 0 Å². The van der Waals surface area contributed by atoms with Crippen LogP contribution in [0.25, 0.3) is 0 Å². The molecular weight excluding hydrogens is 309 g/mol. The van der Waals surface area contributed by atoms with E-state index in [-0.39, 0.29) is 17.5 Å². The van der Waals surface area contributed by atoms with Crippen molar-refractivity contribution < 1.29 is 9.90 Å². The van der Waals surface area contributed by atoms with Crippen molar-refractivity contribution in [2.75, 3.05) is 11.9 Å². The van der Waals surface area contributed by atoms with E-state index in [9.17, 15) is 4.79 Å². The molecule has 0 fully saturated rings. The molecule has 0 heterocycles. The second kappa shape index (κ2) is 7.14. The Morgan fingerprint density at radius 3 is 2.71 bits per heavy atom.